The number of hydrogen-bond donors (Lipinski definition) is 1. The third-order valence-corrected chi connectivity index (χ3v) is 3.43. The largest absolute Gasteiger partial charge is 0.304 e. The lowest BCUT2D eigenvalue weighted by molar-refractivity contribution is 0.570. The summed E-state index contributed by atoms with van der Waals surface area (Å²) < 4.78 is 23.6. The van der Waals surface area contributed by atoms with Crippen LogP contribution in [0.1, 0.15) is 11.6 Å². The van der Waals surface area contributed by atoms with Gasteiger partial charge in [-0.25, -0.2) is 8.42 Å². The van der Waals surface area contributed by atoms with E-state index >= 15 is 0 Å². The van der Waals surface area contributed by atoms with E-state index in [1.54, 1.807) is 0 Å². The van der Waals surface area contributed by atoms with Crippen molar-refractivity contribution in [1.29, 1.82) is 0 Å². The highest BCUT2D eigenvalue weighted by molar-refractivity contribution is 9.11. The van der Waals surface area contributed by atoms with Gasteiger partial charge in [0.15, 0.2) is 0 Å². The van der Waals surface area contributed by atoms with E-state index in [1.807, 2.05) is 30.3 Å². The van der Waals surface area contributed by atoms with Crippen LogP contribution in [0.5, 0.6) is 0 Å². The number of halogens is 1. The smallest absolute Gasteiger partial charge is 0.149 e. The zero-order chi connectivity index (χ0) is 12.9. The Labute approximate surface area is 111 Å². The van der Waals surface area contributed by atoms with Gasteiger partial charge in [-0.05, 0) is 5.56 Å². The van der Waals surface area contributed by atoms with Gasteiger partial charge in [-0.15, -0.1) is 0 Å². The molecule has 1 atom stereocenters. The predicted octanol–water partition coefficient (Wildman–Crippen LogP) is 2.27. The number of benzene rings is 1. The number of rotatable bonds is 6. The molecule has 0 saturated heterocycles. The molecule has 0 amide bonds. The lowest BCUT2D eigenvalue weighted by Gasteiger charge is -2.18. The van der Waals surface area contributed by atoms with Gasteiger partial charge in [0.25, 0.3) is 0 Å². The molecule has 0 spiro atoms. The summed E-state index contributed by atoms with van der Waals surface area (Å²) in [7, 11) is -3.03. The minimum absolute atomic E-state index is 0.0806. The first-order chi connectivity index (χ1) is 7.88. The maximum Gasteiger partial charge on any atom is 0.149 e. The standard InChI is InChI=1S/C12H16BrNO2S/c1-10(13)8-14-12(9-17(2,15)16)11-6-4-3-5-7-11/h3-7,12,14H,1,8-9H2,2H3. The molecular weight excluding hydrogens is 302 g/mol. The minimum Gasteiger partial charge on any atom is -0.304 e. The van der Waals surface area contributed by atoms with Gasteiger partial charge in [-0.1, -0.05) is 52.8 Å². The number of nitrogens with one attached hydrogen (secondary N) is 1. The summed E-state index contributed by atoms with van der Waals surface area (Å²) in [6.07, 6.45) is 1.24. The SMILES string of the molecule is C=C(Br)CNC(CS(C)(=O)=O)c1ccccc1. The molecule has 0 bridgehead atoms. The fraction of sp³-hybridized carbons (Fsp3) is 0.333. The van der Waals surface area contributed by atoms with Crippen molar-refractivity contribution < 1.29 is 8.42 Å². The molecule has 5 heteroatoms. The Balaban J connectivity index is 2.83. The van der Waals surface area contributed by atoms with Crippen LogP contribution >= 0.6 is 15.9 Å². The van der Waals surface area contributed by atoms with Crippen molar-refractivity contribution in [3.05, 3.63) is 47.0 Å². The maximum atomic E-state index is 11.4. The summed E-state index contributed by atoms with van der Waals surface area (Å²) in [5.41, 5.74) is 0.965. The van der Waals surface area contributed by atoms with Gasteiger partial charge in [-0.2, -0.15) is 0 Å². The summed E-state index contributed by atoms with van der Waals surface area (Å²) in [6.45, 7) is 4.26. The molecule has 1 aromatic carbocycles. The molecule has 17 heavy (non-hydrogen) atoms. The zero-order valence-corrected chi connectivity index (χ0v) is 12.1. The Morgan fingerprint density at radius 2 is 2.00 bits per heavy atom. The Hall–Kier alpha value is -0.650. The molecule has 0 saturated carbocycles. The molecule has 1 aromatic rings. The normalized spacial score (nSPS) is 13.3. The van der Waals surface area contributed by atoms with E-state index in [4.69, 9.17) is 0 Å². The van der Waals surface area contributed by atoms with Crippen molar-refractivity contribution in [2.24, 2.45) is 0 Å². The van der Waals surface area contributed by atoms with E-state index in [-0.39, 0.29) is 11.8 Å². The second-order valence-corrected chi connectivity index (χ2v) is 7.26. The molecule has 0 radical (unpaired) electrons. The fourth-order valence-electron chi connectivity index (χ4n) is 1.50. The highest BCUT2D eigenvalue weighted by Crippen LogP contribution is 2.15. The molecule has 1 unspecified atom stereocenters. The van der Waals surface area contributed by atoms with Gasteiger partial charge < -0.3 is 5.32 Å². The Morgan fingerprint density at radius 1 is 1.41 bits per heavy atom. The van der Waals surface area contributed by atoms with E-state index in [1.165, 1.54) is 6.26 Å². The summed E-state index contributed by atoms with van der Waals surface area (Å²) in [5.74, 6) is 0.0806. The second kappa shape index (κ2) is 6.33. The number of hydrogen-bond acceptors (Lipinski definition) is 3. The van der Waals surface area contributed by atoms with Crippen LogP contribution in [0.2, 0.25) is 0 Å². The molecular formula is C12H16BrNO2S. The lowest BCUT2D eigenvalue weighted by atomic mass is 10.1. The molecule has 0 aromatic heterocycles. The van der Waals surface area contributed by atoms with Gasteiger partial charge in [0, 0.05) is 23.3 Å². The molecule has 3 nitrogen and oxygen atoms in total. The zero-order valence-electron chi connectivity index (χ0n) is 9.69. The molecule has 94 valence electrons. The summed E-state index contributed by atoms with van der Waals surface area (Å²) in [4.78, 5) is 0. The van der Waals surface area contributed by atoms with Crippen LogP contribution in [0, 0.1) is 0 Å². The van der Waals surface area contributed by atoms with E-state index in [0.29, 0.717) is 6.54 Å². The average Bonchev–Trinajstić information content (AvgIpc) is 2.24. The first-order valence-electron chi connectivity index (χ1n) is 5.18. The van der Waals surface area contributed by atoms with Crippen molar-refractivity contribution in [3.8, 4) is 0 Å². The predicted molar refractivity (Wildman–Crippen MR) is 75.0 cm³/mol. The first kappa shape index (κ1) is 14.4. The number of sulfone groups is 1. The van der Waals surface area contributed by atoms with E-state index < -0.39 is 9.84 Å². The van der Waals surface area contributed by atoms with Crippen molar-refractivity contribution in [2.45, 2.75) is 6.04 Å². The van der Waals surface area contributed by atoms with E-state index in [9.17, 15) is 8.42 Å². The van der Waals surface area contributed by atoms with Crippen LogP contribution in [0.15, 0.2) is 41.4 Å². The monoisotopic (exact) mass is 317 g/mol. The Kier molecular flexibility index (Phi) is 5.36. The van der Waals surface area contributed by atoms with Crippen LogP contribution in [0.3, 0.4) is 0 Å². The van der Waals surface area contributed by atoms with Crippen LogP contribution in [0.4, 0.5) is 0 Å². The second-order valence-electron chi connectivity index (χ2n) is 3.95. The molecule has 0 aliphatic rings. The molecule has 0 fully saturated rings. The van der Waals surface area contributed by atoms with Gasteiger partial charge in [0.1, 0.15) is 9.84 Å². The molecule has 0 aliphatic heterocycles. The lowest BCUT2D eigenvalue weighted by Crippen LogP contribution is -2.28. The molecule has 0 heterocycles. The van der Waals surface area contributed by atoms with Crippen molar-refractivity contribution >= 4 is 25.8 Å². The highest BCUT2D eigenvalue weighted by atomic mass is 79.9. The molecule has 0 aliphatic carbocycles. The third-order valence-electron chi connectivity index (χ3n) is 2.21. The van der Waals surface area contributed by atoms with E-state index in [0.717, 1.165) is 10.0 Å². The van der Waals surface area contributed by atoms with Gasteiger partial charge in [0.2, 0.25) is 0 Å². The quantitative estimate of drug-likeness (QED) is 0.875. The molecule has 1 rings (SSSR count). The minimum atomic E-state index is -3.03. The van der Waals surface area contributed by atoms with Crippen molar-refractivity contribution in [1.82, 2.24) is 5.32 Å². The van der Waals surface area contributed by atoms with Gasteiger partial charge in [-0.3, -0.25) is 0 Å². The Bertz CT molecular complexity index is 471. The van der Waals surface area contributed by atoms with Crippen molar-refractivity contribution in [2.75, 3.05) is 18.6 Å². The van der Waals surface area contributed by atoms with E-state index in [2.05, 4.69) is 27.8 Å². The van der Waals surface area contributed by atoms with Crippen LogP contribution in [-0.4, -0.2) is 27.0 Å². The highest BCUT2D eigenvalue weighted by Gasteiger charge is 2.16. The average molecular weight is 318 g/mol. The topological polar surface area (TPSA) is 46.2 Å². The summed E-state index contributed by atoms with van der Waals surface area (Å²) in [6, 6.07) is 9.33. The summed E-state index contributed by atoms with van der Waals surface area (Å²) in [5, 5.41) is 3.17. The maximum absolute atomic E-state index is 11.4. The first-order valence-corrected chi connectivity index (χ1v) is 8.03. The van der Waals surface area contributed by atoms with Crippen LogP contribution < -0.4 is 5.32 Å². The fourth-order valence-corrected chi connectivity index (χ4v) is 2.57. The van der Waals surface area contributed by atoms with Gasteiger partial charge >= 0.3 is 0 Å². The van der Waals surface area contributed by atoms with Crippen LogP contribution in [-0.2, 0) is 9.84 Å². The molecule has 1 N–H and O–H groups in total. The third kappa shape index (κ3) is 6.00. The van der Waals surface area contributed by atoms with Gasteiger partial charge in [0.05, 0.1) is 5.75 Å². The van der Waals surface area contributed by atoms with Crippen LogP contribution in [0.25, 0.3) is 0 Å². The summed E-state index contributed by atoms with van der Waals surface area (Å²) >= 11 is 3.25. The Morgan fingerprint density at radius 3 is 2.47 bits per heavy atom. The van der Waals surface area contributed by atoms with Crippen molar-refractivity contribution in [3.63, 3.8) is 0 Å².